The maximum atomic E-state index is 12.7. The standard InChI is InChI=1S/C21H24ClN5OS/c1-21(2,3)19-25-26-20(27(19)23)29-13-17(28)24-18(14-7-5-4-6-8-14)15-9-11-16(22)12-10-15/h4-12,18H,13,23H2,1-3H3,(H,24,28). The average molecular weight is 430 g/mol. The first-order chi connectivity index (χ1) is 13.8. The van der Waals surface area contributed by atoms with E-state index in [0.717, 1.165) is 11.1 Å². The summed E-state index contributed by atoms with van der Waals surface area (Å²) in [6.07, 6.45) is 0. The Balaban J connectivity index is 1.72. The van der Waals surface area contributed by atoms with Crippen molar-refractivity contribution in [2.24, 2.45) is 0 Å². The molecule has 1 heterocycles. The van der Waals surface area contributed by atoms with Gasteiger partial charge >= 0.3 is 0 Å². The number of rotatable bonds is 6. The van der Waals surface area contributed by atoms with Crippen molar-refractivity contribution in [3.8, 4) is 0 Å². The van der Waals surface area contributed by atoms with Crippen LogP contribution < -0.4 is 11.2 Å². The van der Waals surface area contributed by atoms with E-state index in [4.69, 9.17) is 17.4 Å². The average Bonchev–Trinajstić information content (AvgIpc) is 3.07. The van der Waals surface area contributed by atoms with E-state index >= 15 is 0 Å². The van der Waals surface area contributed by atoms with Crippen LogP contribution in [0.5, 0.6) is 0 Å². The lowest BCUT2D eigenvalue weighted by Crippen LogP contribution is -2.31. The van der Waals surface area contributed by atoms with Gasteiger partial charge in [0.1, 0.15) is 0 Å². The number of nitrogens with two attached hydrogens (primary N) is 1. The Morgan fingerprint density at radius 2 is 1.72 bits per heavy atom. The van der Waals surface area contributed by atoms with Gasteiger partial charge in [0.2, 0.25) is 11.1 Å². The molecule has 0 bridgehead atoms. The molecule has 1 aromatic heterocycles. The quantitative estimate of drug-likeness (QED) is 0.457. The fourth-order valence-corrected chi connectivity index (χ4v) is 3.67. The van der Waals surface area contributed by atoms with Crippen LogP contribution in [0, 0.1) is 0 Å². The Labute approximate surface area is 179 Å². The molecule has 3 aromatic rings. The fourth-order valence-electron chi connectivity index (χ4n) is 2.88. The number of halogens is 1. The summed E-state index contributed by atoms with van der Waals surface area (Å²) in [4.78, 5) is 12.7. The van der Waals surface area contributed by atoms with Crippen molar-refractivity contribution in [3.63, 3.8) is 0 Å². The number of carbonyl (C=O) groups is 1. The molecule has 0 saturated carbocycles. The maximum absolute atomic E-state index is 12.7. The number of nitrogens with one attached hydrogen (secondary N) is 1. The molecule has 0 radical (unpaired) electrons. The van der Waals surface area contributed by atoms with Crippen molar-refractivity contribution in [3.05, 3.63) is 76.6 Å². The number of nitrogens with zero attached hydrogens (tertiary/aromatic N) is 3. The van der Waals surface area contributed by atoms with Gasteiger partial charge in [-0.3, -0.25) is 4.79 Å². The lowest BCUT2D eigenvalue weighted by molar-refractivity contribution is -0.119. The Morgan fingerprint density at radius 1 is 1.10 bits per heavy atom. The van der Waals surface area contributed by atoms with Crippen LogP contribution in [0.4, 0.5) is 0 Å². The third kappa shape index (κ3) is 5.31. The Bertz CT molecular complexity index is 967. The molecule has 0 aliphatic rings. The second-order valence-corrected chi connectivity index (χ2v) is 9.06. The van der Waals surface area contributed by atoms with Crippen LogP contribution in [0.25, 0.3) is 0 Å². The third-order valence-electron chi connectivity index (χ3n) is 4.31. The van der Waals surface area contributed by atoms with E-state index < -0.39 is 0 Å². The lowest BCUT2D eigenvalue weighted by Gasteiger charge is -2.20. The van der Waals surface area contributed by atoms with Crippen molar-refractivity contribution in [2.75, 3.05) is 11.6 Å². The highest BCUT2D eigenvalue weighted by atomic mass is 35.5. The van der Waals surface area contributed by atoms with Crippen LogP contribution in [0.3, 0.4) is 0 Å². The van der Waals surface area contributed by atoms with Gasteiger partial charge in [0.15, 0.2) is 5.82 Å². The van der Waals surface area contributed by atoms with Crippen LogP contribution >= 0.6 is 23.4 Å². The highest BCUT2D eigenvalue weighted by Gasteiger charge is 2.24. The van der Waals surface area contributed by atoms with Crippen LogP contribution in [0.15, 0.2) is 59.8 Å². The van der Waals surface area contributed by atoms with E-state index in [1.54, 1.807) is 0 Å². The molecule has 0 fully saturated rings. The van der Waals surface area contributed by atoms with E-state index in [1.165, 1.54) is 16.4 Å². The van der Waals surface area contributed by atoms with Crippen molar-refractivity contribution in [2.45, 2.75) is 37.4 Å². The number of amides is 1. The second kappa shape index (κ2) is 8.88. The zero-order valence-electron chi connectivity index (χ0n) is 16.6. The summed E-state index contributed by atoms with van der Waals surface area (Å²) in [5.74, 6) is 6.82. The number of nitrogen functional groups attached to an aromatic ring is 1. The van der Waals surface area contributed by atoms with E-state index in [1.807, 2.05) is 75.4 Å². The third-order valence-corrected chi connectivity index (χ3v) is 5.50. The molecule has 0 spiro atoms. The van der Waals surface area contributed by atoms with Gasteiger partial charge in [-0.15, -0.1) is 10.2 Å². The van der Waals surface area contributed by atoms with Gasteiger partial charge in [0.05, 0.1) is 11.8 Å². The summed E-state index contributed by atoms with van der Waals surface area (Å²) >= 11 is 7.27. The topological polar surface area (TPSA) is 85.8 Å². The molecule has 152 valence electrons. The Kier molecular flexibility index (Phi) is 6.49. The summed E-state index contributed by atoms with van der Waals surface area (Å²) in [5.41, 5.74) is 1.72. The number of hydrogen-bond donors (Lipinski definition) is 2. The normalized spacial score (nSPS) is 12.6. The zero-order chi connectivity index (χ0) is 21.0. The molecular formula is C21H24ClN5OS. The van der Waals surface area contributed by atoms with Gasteiger partial charge in [-0.05, 0) is 23.3 Å². The Hall–Kier alpha value is -2.51. The van der Waals surface area contributed by atoms with Gasteiger partial charge in [0, 0.05) is 10.4 Å². The molecule has 6 nitrogen and oxygen atoms in total. The smallest absolute Gasteiger partial charge is 0.231 e. The summed E-state index contributed by atoms with van der Waals surface area (Å²) in [7, 11) is 0. The van der Waals surface area contributed by atoms with E-state index in [0.29, 0.717) is 16.0 Å². The second-order valence-electron chi connectivity index (χ2n) is 7.68. The van der Waals surface area contributed by atoms with Crippen LogP contribution in [-0.4, -0.2) is 26.5 Å². The largest absolute Gasteiger partial charge is 0.344 e. The fraction of sp³-hybridized carbons (Fsp3) is 0.286. The summed E-state index contributed by atoms with van der Waals surface area (Å²) in [6.45, 7) is 6.04. The molecule has 3 N–H and O–H groups in total. The van der Waals surface area contributed by atoms with Gasteiger partial charge in [-0.25, -0.2) is 4.68 Å². The SMILES string of the molecule is CC(C)(C)c1nnc(SCC(=O)NC(c2ccccc2)c2ccc(Cl)cc2)n1N. The minimum atomic E-state index is -0.276. The molecule has 8 heteroatoms. The van der Waals surface area contributed by atoms with Crippen LogP contribution in [-0.2, 0) is 10.2 Å². The molecular weight excluding hydrogens is 406 g/mol. The monoisotopic (exact) mass is 429 g/mol. The predicted octanol–water partition coefficient (Wildman–Crippen LogP) is 3.94. The summed E-state index contributed by atoms with van der Waals surface area (Å²) in [6, 6.07) is 17.0. The molecule has 1 unspecified atom stereocenters. The summed E-state index contributed by atoms with van der Waals surface area (Å²) < 4.78 is 1.45. The van der Waals surface area contributed by atoms with E-state index in [2.05, 4.69) is 15.5 Å². The molecule has 1 amide bonds. The van der Waals surface area contributed by atoms with E-state index in [-0.39, 0.29) is 23.1 Å². The molecule has 29 heavy (non-hydrogen) atoms. The number of aromatic nitrogens is 3. The van der Waals surface area contributed by atoms with Gasteiger partial charge in [0.25, 0.3) is 0 Å². The molecule has 0 aliphatic heterocycles. The van der Waals surface area contributed by atoms with E-state index in [9.17, 15) is 4.79 Å². The van der Waals surface area contributed by atoms with Gasteiger partial charge in [-0.1, -0.05) is 86.6 Å². The lowest BCUT2D eigenvalue weighted by atomic mass is 9.96. The Morgan fingerprint density at radius 3 is 2.31 bits per heavy atom. The number of thioether (sulfide) groups is 1. The van der Waals surface area contributed by atoms with Crippen LogP contribution in [0.1, 0.15) is 43.8 Å². The van der Waals surface area contributed by atoms with Crippen molar-refractivity contribution in [1.29, 1.82) is 0 Å². The van der Waals surface area contributed by atoms with Crippen molar-refractivity contribution < 1.29 is 4.79 Å². The van der Waals surface area contributed by atoms with Gasteiger partial charge < -0.3 is 11.2 Å². The van der Waals surface area contributed by atoms with Crippen molar-refractivity contribution >= 4 is 29.3 Å². The minimum absolute atomic E-state index is 0.126. The predicted molar refractivity (Wildman–Crippen MR) is 117 cm³/mol. The maximum Gasteiger partial charge on any atom is 0.231 e. The highest BCUT2D eigenvalue weighted by molar-refractivity contribution is 7.99. The number of benzene rings is 2. The van der Waals surface area contributed by atoms with Crippen molar-refractivity contribution in [1.82, 2.24) is 20.2 Å². The van der Waals surface area contributed by atoms with Gasteiger partial charge in [-0.2, -0.15) is 0 Å². The number of carbonyl (C=O) groups excluding carboxylic acids is 1. The first kappa shape index (κ1) is 21.2. The molecule has 1 atom stereocenters. The number of hydrogen-bond acceptors (Lipinski definition) is 5. The first-order valence-electron chi connectivity index (χ1n) is 9.19. The molecule has 0 aliphatic carbocycles. The summed E-state index contributed by atoms with van der Waals surface area (Å²) in [5, 5.41) is 12.5. The highest BCUT2D eigenvalue weighted by Crippen LogP contribution is 2.25. The first-order valence-corrected chi connectivity index (χ1v) is 10.6. The molecule has 2 aromatic carbocycles. The minimum Gasteiger partial charge on any atom is -0.344 e. The van der Waals surface area contributed by atoms with Crippen LogP contribution in [0.2, 0.25) is 5.02 Å². The zero-order valence-corrected chi connectivity index (χ0v) is 18.2. The molecule has 0 saturated heterocycles. The molecule has 3 rings (SSSR count).